The summed E-state index contributed by atoms with van der Waals surface area (Å²) in [6.45, 7) is 4.91. The van der Waals surface area contributed by atoms with Crippen molar-refractivity contribution in [2.75, 3.05) is 20.6 Å². The number of carbonyl (C=O) groups excluding carboxylic acids is 1. The van der Waals surface area contributed by atoms with Crippen molar-refractivity contribution in [1.82, 2.24) is 9.80 Å². The molecule has 2 aliphatic rings. The number of benzene rings is 2. The van der Waals surface area contributed by atoms with Crippen LogP contribution in [0.15, 0.2) is 48.0 Å². The minimum Gasteiger partial charge on any atom is -0.483 e. The molecule has 0 spiro atoms. The maximum atomic E-state index is 13.3. The van der Waals surface area contributed by atoms with E-state index < -0.39 is 10.5 Å². The predicted molar refractivity (Wildman–Crippen MR) is 110 cm³/mol. The monoisotopic (exact) mass is 393 g/mol. The van der Waals surface area contributed by atoms with Gasteiger partial charge in [0, 0.05) is 35.4 Å². The number of nitrogens with zero attached hydrogens (tertiary/aromatic N) is 3. The third-order valence-electron chi connectivity index (χ3n) is 5.37. The lowest BCUT2D eigenvalue weighted by molar-refractivity contribution is -0.384. The van der Waals surface area contributed by atoms with Crippen LogP contribution in [0.3, 0.4) is 0 Å². The zero-order valence-corrected chi connectivity index (χ0v) is 16.9. The van der Waals surface area contributed by atoms with Gasteiger partial charge in [-0.05, 0) is 45.6 Å². The zero-order valence-electron chi connectivity index (χ0n) is 16.9. The number of rotatable bonds is 4. The highest BCUT2D eigenvalue weighted by molar-refractivity contribution is 6.04. The summed E-state index contributed by atoms with van der Waals surface area (Å²) >= 11 is 0. The van der Waals surface area contributed by atoms with Gasteiger partial charge in [0.1, 0.15) is 11.4 Å². The topological polar surface area (TPSA) is 75.9 Å². The fraction of sp³-hybridized carbons (Fsp3) is 0.318. The summed E-state index contributed by atoms with van der Waals surface area (Å²) in [6, 6.07) is 12.1. The van der Waals surface area contributed by atoms with Crippen molar-refractivity contribution in [2.24, 2.45) is 0 Å². The standard InChI is InChI=1S/C22H23N3O4/c1-22(2)18(13-23(3)4)20(17-11-15(25(27)28)9-10-19(17)29-22)24-12-14-7-5-6-8-16(14)21(24)26/h5-11H,12-13H2,1-4H3. The Hall–Kier alpha value is -3.19. The second kappa shape index (κ2) is 6.70. The van der Waals surface area contributed by atoms with E-state index in [1.54, 1.807) is 11.0 Å². The molecule has 0 atom stereocenters. The minimum atomic E-state index is -0.669. The fourth-order valence-corrected chi connectivity index (χ4v) is 4.01. The van der Waals surface area contributed by atoms with Gasteiger partial charge in [0.25, 0.3) is 11.6 Å². The summed E-state index contributed by atoms with van der Waals surface area (Å²) in [4.78, 5) is 28.0. The zero-order chi connectivity index (χ0) is 20.9. The Bertz CT molecular complexity index is 1060. The molecule has 0 N–H and O–H groups in total. The number of ether oxygens (including phenoxy) is 1. The Balaban J connectivity index is 1.95. The molecular weight excluding hydrogens is 370 g/mol. The van der Waals surface area contributed by atoms with Gasteiger partial charge in [-0.15, -0.1) is 0 Å². The molecule has 29 heavy (non-hydrogen) atoms. The van der Waals surface area contributed by atoms with Crippen LogP contribution in [0.25, 0.3) is 5.70 Å². The number of nitro groups is 1. The van der Waals surface area contributed by atoms with Crippen molar-refractivity contribution < 1.29 is 14.5 Å². The van der Waals surface area contributed by atoms with E-state index in [-0.39, 0.29) is 11.6 Å². The highest BCUT2D eigenvalue weighted by Crippen LogP contribution is 2.45. The molecule has 0 aromatic heterocycles. The fourth-order valence-electron chi connectivity index (χ4n) is 4.01. The van der Waals surface area contributed by atoms with Crippen molar-refractivity contribution in [3.05, 3.63) is 74.8 Å². The molecule has 0 unspecified atom stereocenters. The smallest absolute Gasteiger partial charge is 0.270 e. The van der Waals surface area contributed by atoms with Crippen molar-refractivity contribution in [3.63, 3.8) is 0 Å². The van der Waals surface area contributed by atoms with E-state index in [0.717, 1.165) is 11.1 Å². The molecule has 7 heteroatoms. The van der Waals surface area contributed by atoms with Crippen LogP contribution in [-0.4, -0.2) is 46.9 Å². The summed E-state index contributed by atoms with van der Waals surface area (Å²) in [7, 11) is 3.90. The lowest BCUT2D eigenvalue weighted by atomic mass is 9.88. The van der Waals surface area contributed by atoms with Gasteiger partial charge in [-0.1, -0.05) is 18.2 Å². The molecule has 0 saturated carbocycles. The van der Waals surface area contributed by atoms with Gasteiger partial charge in [-0.3, -0.25) is 14.9 Å². The predicted octanol–water partition coefficient (Wildman–Crippen LogP) is 3.69. The molecule has 7 nitrogen and oxygen atoms in total. The van der Waals surface area contributed by atoms with E-state index in [1.165, 1.54) is 12.1 Å². The molecule has 0 bridgehead atoms. The minimum absolute atomic E-state index is 0.0297. The van der Waals surface area contributed by atoms with Crippen LogP contribution in [0.2, 0.25) is 0 Å². The lowest BCUT2D eigenvalue weighted by Crippen LogP contribution is -2.42. The van der Waals surface area contributed by atoms with Crippen LogP contribution in [-0.2, 0) is 6.54 Å². The number of hydrogen-bond donors (Lipinski definition) is 0. The summed E-state index contributed by atoms with van der Waals surface area (Å²) in [5, 5.41) is 11.4. The molecule has 0 aliphatic carbocycles. The van der Waals surface area contributed by atoms with Gasteiger partial charge in [0.05, 0.1) is 17.2 Å². The first-order valence-corrected chi connectivity index (χ1v) is 9.45. The number of fused-ring (bicyclic) bond motifs is 2. The van der Waals surface area contributed by atoms with E-state index in [9.17, 15) is 14.9 Å². The highest BCUT2D eigenvalue weighted by atomic mass is 16.6. The van der Waals surface area contributed by atoms with Crippen molar-refractivity contribution >= 4 is 17.3 Å². The molecule has 2 aromatic rings. The molecular formula is C22H23N3O4. The molecule has 0 saturated heterocycles. The highest BCUT2D eigenvalue weighted by Gasteiger charge is 2.41. The van der Waals surface area contributed by atoms with Gasteiger partial charge in [-0.25, -0.2) is 0 Å². The van der Waals surface area contributed by atoms with E-state index in [4.69, 9.17) is 4.74 Å². The van der Waals surface area contributed by atoms with Gasteiger partial charge in [0.15, 0.2) is 0 Å². The van der Waals surface area contributed by atoms with Crippen molar-refractivity contribution in [3.8, 4) is 5.75 Å². The second-order valence-electron chi connectivity index (χ2n) is 8.16. The third kappa shape index (κ3) is 3.17. The van der Waals surface area contributed by atoms with Gasteiger partial charge in [-0.2, -0.15) is 0 Å². The van der Waals surface area contributed by atoms with Crippen molar-refractivity contribution in [1.29, 1.82) is 0 Å². The lowest BCUT2D eigenvalue weighted by Gasteiger charge is -2.40. The Morgan fingerprint density at radius 2 is 1.90 bits per heavy atom. The van der Waals surface area contributed by atoms with Crippen LogP contribution < -0.4 is 4.74 Å². The van der Waals surface area contributed by atoms with Crippen LogP contribution in [0, 0.1) is 10.1 Å². The maximum absolute atomic E-state index is 13.3. The van der Waals surface area contributed by atoms with Crippen LogP contribution in [0.4, 0.5) is 5.69 Å². The molecule has 2 heterocycles. The molecule has 0 radical (unpaired) electrons. The molecule has 150 valence electrons. The van der Waals surface area contributed by atoms with Crippen LogP contribution in [0.1, 0.15) is 35.3 Å². The summed E-state index contributed by atoms with van der Waals surface area (Å²) < 4.78 is 6.22. The van der Waals surface area contributed by atoms with Gasteiger partial charge in [0.2, 0.25) is 0 Å². The average Bonchev–Trinajstić information content (AvgIpc) is 2.98. The quantitative estimate of drug-likeness (QED) is 0.585. The van der Waals surface area contributed by atoms with E-state index in [1.807, 2.05) is 57.1 Å². The summed E-state index contributed by atoms with van der Waals surface area (Å²) in [5.74, 6) is 0.448. The number of non-ortho nitro benzene ring substituents is 1. The van der Waals surface area contributed by atoms with Gasteiger partial charge >= 0.3 is 0 Å². The Kier molecular flexibility index (Phi) is 4.42. The van der Waals surface area contributed by atoms with Crippen LogP contribution in [0.5, 0.6) is 5.75 Å². The number of likely N-dealkylation sites (N-methyl/N-ethyl adjacent to an activating group) is 1. The van der Waals surface area contributed by atoms with E-state index in [0.29, 0.717) is 35.7 Å². The molecule has 0 fully saturated rings. The first kappa shape index (κ1) is 19.1. The molecule has 1 amide bonds. The van der Waals surface area contributed by atoms with E-state index in [2.05, 4.69) is 0 Å². The first-order valence-electron chi connectivity index (χ1n) is 9.45. The average molecular weight is 393 g/mol. The number of carbonyl (C=O) groups is 1. The number of nitro benzene ring substituents is 1. The Morgan fingerprint density at radius 3 is 2.55 bits per heavy atom. The largest absolute Gasteiger partial charge is 0.483 e. The summed E-state index contributed by atoms with van der Waals surface area (Å²) in [5.41, 5.74) is 3.12. The molecule has 2 aromatic carbocycles. The van der Waals surface area contributed by atoms with Gasteiger partial charge < -0.3 is 14.5 Å². The Labute approximate surface area is 169 Å². The molecule has 4 rings (SSSR count). The third-order valence-corrected chi connectivity index (χ3v) is 5.37. The number of hydrogen-bond acceptors (Lipinski definition) is 5. The second-order valence-corrected chi connectivity index (χ2v) is 8.16. The SMILES string of the molecule is CN(C)CC1=C(N2Cc3ccccc3C2=O)c2cc([N+](=O)[O-])ccc2OC1(C)C. The molecule has 2 aliphatic heterocycles. The normalized spacial score (nSPS) is 17.3. The van der Waals surface area contributed by atoms with E-state index >= 15 is 0 Å². The first-order chi connectivity index (χ1) is 13.7. The maximum Gasteiger partial charge on any atom is 0.270 e. The van der Waals surface area contributed by atoms with Crippen molar-refractivity contribution in [2.45, 2.75) is 26.0 Å². The number of amides is 1. The Morgan fingerprint density at radius 1 is 1.17 bits per heavy atom. The van der Waals surface area contributed by atoms with Crippen LogP contribution >= 0.6 is 0 Å². The summed E-state index contributed by atoms with van der Waals surface area (Å²) in [6.07, 6.45) is 0.